The summed E-state index contributed by atoms with van der Waals surface area (Å²) in [6, 6.07) is 66.2. The van der Waals surface area contributed by atoms with Crippen LogP contribution in [0.4, 0.5) is 34.3 Å². The Bertz CT molecular complexity index is 4020. The Kier molecular flexibility index (Phi) is 9.21. The van der Waals surface area contributed by atoms with Gasteiger partial charge in [-0.05, 0) is 183 Å². The maximum Gasteiger partial charge on any atom is 0.257 e. The van der Waals surface area contributed by atoms with Crippen molar-refractivity contribution in [2.75, 3.05) is 9.80 Å². The van der Waals surface area contributed by atoms with Crippen molar-refractivity contribution in [1.82, 2.24) is 0 Å². The third-order valence-electron chi connectivity index (χ3n) is 14.6. The standard InChI is InChI=1S/C63H47BN2OS3/c1-36-26-50-60-51(27-36)66(61-37(2)28-44(29-38(61)3)58-34-42-16-9-12-21-55(42)70-58)62-59(47-35-45(63(4,5)6)23-25-52(47)67-62)64(60)48-24-22-43(57-33-41-15-8-11-20-54(41)69-57)31-49(48)65(50)46-18-13-17-39(30-46)56-32-40-14-7-10-19-53(40)68-56/h7-35H,1-6H3. The number of anilines is 6. The molecular formula is C63H47BN2OS3. The van der Waals surface area contributed by atoms with Crippen molar-refractivity contribution in [1.29, 1.82) is 0 Å². The van der Waals surface area contributed by atoms with Crippen LogP contribution in [0, 0.1) is 20.8 Å². The number of thiophene rings is 3. The predicted molar refractivity (Wildman–Crippen MR) is 306 cm³/mol. The molecule has 0 N–H and O–H groups in total. The summed E-state index contributed by atoms with van der Waals surface area (Å²) in [5, 5.41) is 5.01. The monoisotopic (exact) mass is 954 g/mol. The molecule has 4 aromatic heterocycles. The summed E-state index contributed by atoms with van der Waals surface area (Å²) in [4.78, 5) is 8.87. The van der Waals surface area contributed by atoms with Crippen LogP contribution >= 0.6 is 34.0 Å². The van der Waals surface area contributed by atoms with E-state index in [9.17, 15) is 0 Å². The molecule has 0 bridgehead atoms. The second-order valence-electron chi connectivity index (χ2n) is 20.3. The van der Waals surface area contributed by atoms with Crippen LogP contribution in [0.3, 0.4) is 0 Å². The second kappa shape index (κ2) is 15.4. The van der Waals surface area contributed by atoms with E-state index in [0.717, 1.165) is 28.5 Å². The minimum absolute atomic E-state index is 0.0532. The highest BCUT2D eigenvalue weighted by molar-refractivity contribution is 7.23. The molecular weight excluding hydrogens is 908 g/mol. The summed E-state index contributed by atoms with van der Waals surface area (Å²) < 4.78 is 11.3. The minimum atomic E-state index is -0.0970. The zero-order valence-corrected chi connectivity index (χ0v) is 42.3. The van der Waals surface area contributed by atoms with Crippen LogP contribution in [-0.2, 0) is 5.41 Å². The fraction of sp³-hybridized carbons (Fsp3) is 0.111. The molecule has 0 amide bonds. The van der Waals surface area contributed by atoms with Gasteiger partial charge in [0.2, 0.25) is 5.88 Å². The average Bonchev–Trinajstić information content (AvgIpc) is 4.17. The SMILES string of the molecule is Cc1cc2c3c(c1)N(c1c(C)cc(-c4cc5ccccc5s4)cc1C)c1oc4ccc(C(C)(C)C)cc4c1B3c1ccc(-c3cc4ccccc4s3)cc1N2c1cccc(-c2cc3ccccc3s2)c1. The van der Waals surface area contributed by atoms with Gasteiger partial charge in [-0.3, -0.25) is 4.90 Å². The Hall–Kier alpha value is -7.16. The van der Waals surface area contributed by atoms with Crippen molar-refractivity contribution in [2.24, 2.45) is 0 Å². The topological polar surface area (TPSA) is 19.6 Å². The number of benzene rings is 8. The van der Waals surface area contributed by atoms with Gasteiger partial charge in [0.1, 0.15) is 5.58 Å². The van der Waals surface area contributed by atoms with E-state index in [1.807, 2.05) is 34.0 Å². The first kappa shape index (κ1) is 41.8. The van der Waals surface area contributed by atoms with Crippen LogP contribution in [0.5, 0.6) is 0 Å². The van der Waals surface area contributed by atoms with Crippen molar-refractivity contribution >= 4 is 133 Å². The molecule has 3 nitrogen and oxygen atoms in total. The number of furan rings is 1. The summed E-state index contributed by atoms with van der Waals surface area (Å²) in [7, 11) is 0. The maximum atomic E-state index is 7.34. The maximum absolute atomic E-state index is 7.34. The molecule has 12 aromatic rings. The Labute approximate surface area is 420 Å². The number of nitrogens with zero attached hydrogens (tertiary/aromatic N) is 2. The fourth-order valence-corrected chi connectivity index (χ4v) is 14.6. The normalized spacial score (nSPS) is 13.2. The van der Waals surface area contributed by atoms with Crippen LogP contribution in [-0.4, -0.2) is 6.71 Å². The summed E-state index contributed by atoms with van der Waals surface area (Å²) >= 11 is 5.59. The van der Waals surface area contributed by atoms with Gasteiger partial charge >= 0.3 is 0 Å². The van der Waals surface area contributed by atoms with E-state index in [-0.39, 0.29) is 12.1 Å². The first-order valence-electron chi connectivity index (χ1n) is 24.2. The molecule has 14 rings (SSSR count). The van der Waals surface area contributed by atoms with Gasteiger partial charge in [-0.1, -0.05) is 106 Å². The van der Waals surface area contributed by atoms with Gasteiger partial charge in [0.05, 0.1) is 5.69 Å². The highest BCUT2D eigenvalue weighted by atomic mass is 32.1. The van der Waals surface area contributed by atoms with Crippen molar-refractivity contribution in [2.45, 2.75) is 47.0 Å². The molecule has 2 aliphatic heterocycles. The number of fused-ring (bicyclic) bond motifs is 9. The molecule has 7 heteroatoms. The fourth-order valence-electron chi connectivity index (χ4n) is 11.4. The van der Waals surface area contributed by atoms with Crippen molar-refractivity contribution in [3.05, 3.63) is 198 Å². The van der Waals surface area contributed by atoms with E-state index in [4.69, 9.17) is 4.42 Å². The van der Waals surface area contributed by atoms with Crippen LogP contribution in [0.1, 0.15) is 43.0 Å². The van der Waals surface area contributed by atoms with Crippen molar-refractivity contribution in [3.8, 4) is 31.3 Å². The Morgan fingerprint density at radius 3 is 1.64 bits per heavy atom. The number of hydrogen-bond acceptors (Lipinski definition) is 6. The van der Waals surface area contributed by atoms with E-state index in [1.165, 1.54) is 117 Å². The average molecular weight is 955 g/mol. The molecule has 0 saturated heterocycles. The Morgan fingerprint density at radius 1 is 0.471 bits per heavy atom. The number of hydrogen-bond donors (Lipinski definition) is 0. The molecule has 0 unspecified atom stereocenters. The lowest BCUT2D eigenvalue weighted by Gasteiger charge is -2.43. The van der Waals surface area contributed by atoms with Gasteiger partial charge in [-0.2, -0.15) is 0 Å². The lowest BCUT2D eigenvalue weighted by molar-refractivity contribution is 0.589. The lowest BCUT2D eigenvalue weighted by Crippen LogP contribution is -2.61. The van der Waals surface area contributed by atoms with Crippen molar-refractivity contribution < 1.29 is 4.42 Å². The second-order valence-corrected chi connectivity index (χ2v) is 23.6. The molecule has 336 valence electrons. The van der Waals surface area contributed by atoms with Crippen molar-refractivity contribution in [3.63, 3.8) is 0 Å². The molecule has 0 fully saturated rings. The molecule has 70 heavy (non-hydrogen) atoms. The third-order valence-corrected chi connectivity index (χ3v) is 18.1. The smallest absolute Gasteiger partial charge is 0.257 e. The van der Waals surface area contributed by atoms with Gasteiger partial charge in [-0.15, -0.1) is 34.0 Å². The van der Waals surface area contributed by atoms with Gasteiger partial charge < -0.3 is 9.32 Å². The van der Waals surface area contributed by atoms with Crippen LogP contribution in [0.2, 0.25) is 0 Å². The highest BCUT2D eigenvalue weighted by Gasteiger charge is 2.47. The van der Waals surface area contributed by atoms with Gasteiger partial charge in [0.15, 0.2) is 0 Å². The predicted octanol–water partition coefficient (Wildman–Crippen LogP) is 17.4. The van der Waals surface area contributed by atoms with Crippen LogP contribution in [0.15, 0.2) is 180 Å². The third kappa shape index (κ3) is 6.45. The molecule has 2 aliphatic rings. The van der Waals surface area contributed by atoms with Crippen LogP contribution in [0.25, 0.3) is 72.5 Å². The largest absolute Gasteiger partial charge is 0.440 e. The molecule has 0 atom stereocenters. The first-order chi connectivity index (χ1) is 34.0. The molecule has 0 radical (unpaired) electrons. The van der Waals surface area contributed by atoms with Crippen LogP contribution < -0.4 is 26.2 Å². The zero-order chi connectivity index (χ0) is 47.2. The lowest BCUT2D eigenvalue weighted by atomic mass is 9.33. The van der Waals surface area contributed by atoms with E-state index < -0.39 is 0 Å². The van der Waals surface area contributed by atoms with E-state index in [2.05, 4.69) is 227 Å². The van der Waals surface area contributed by atoms with E-state index in [0.29, 0.717) is 0 Å². The Morgan fingerprint density at radius 2 is 1.04 bits per heavy atom. The highest BCUT2D eigenvalue weighted by Crippen LogP contribution is 2.50. The molecule has 0 saturated carbocycles. The number of rotatable bonds is 5. The van der Waals surface area contributed by atoms with Gasteiger partial charge in [-0.25, -0.2) is 0 Å². The molecule has 0 aliphatic carbocycles. The summed E-state index contributed by atoms with van der Waals surface area (Å²) in [6.07, 6.45) is 0. The van der Waals surface area contributed by atoms with E-state index in [1.54, 1.807) is 0 Å². The number of aryl methyl sites for hydroxylation is 3. The van der Waals surface area contributed by atoms with E-state index >= 15 is 0 Å². The summed E-state index contributed by atoms with van der Waals surface area (Å²) in [5.74, 6) is 0.899. The first-order valence-corrected chi connectivity index (χ1v) is 26.6. The van der Waals surface area contributed by atoms with Gasteiger partial charge in [0.25, 0.3) is 6.71 Å². The summed E-state index contributed by atoms with van der Waals surface area (Å²) in [5.41, 5.74) is 19.1. The molecule has 8 aromatic carbocycles. The minimum Gasteiger partial charge on any atom is -0.440 e. The Balaban J connectivity index is 1.04. The summed E-state index contributed by atoms with van der Waals surface area (Å²) in [6.45, 7) is 13.7. The quantitative estimate of drug-likeness (QED) is 0.160. The molecule has 6 heterocycles. The zero-order valence-electron chi connectivity index (χ0n) is 39.8. The van der Waals surface area contributed by atoms with Gasteiger partial charge in [0, 0.05) is 62.3 Å². The molecule has 0 spiro atoms.